The maximum absolute atomic E-state index is 11.7. The van der Waals surface area contributed by atoms with Crippen molar-refractivity contribution in [3.8, 4) is 0 Å². The fourth-order valence-electron chi connectivity index (χ4n) is 1.01. The van der Waals surface area contributed by atoms with Crippen molar-refractivity contribution in [1.82, 2.24) is 4.72 Å². The molecule has 0 unspecified atom stereocenters. The molecule has 0 aromatic heterocycles. The molecular weight excluding hydrogens is 374 g/mol. The average Bonchev–Trinajstić information content (AvgIpc) is 2.01. The van der Waals surface area contributed by atoms with Gasteiger partial charge in [0.05, 0.1) is 0 Å². The predicted molar refractivity (Wildman–Crippen MR) is 74.6 cm³/mol. The van der Waals surface area contributed by atoms with Gasteiger partial charge in [-0.1, -0.05) is 0 Å². The van der Waals surface area contributed by atoms with Crippen LogP contribution in [0.5, 0.6) is 0 Å². The Labute approximate surface area is 147 Å². The van der Waals surface area contributed by atoms with Crippen LogP contribution in [0.25, 0.3) is 0 Å². The van der Waals surface area contributed by atoms with Crippen LogP contribution in [-0.4, -0.2) is 14.0 Å². The molecule has 3 nitrogen and oxygen atoms in total. The molecule has 0 saturated heterocycles. The summed E-state index contributed by atoms with van der Waals surface area (Å²) >= 11 is 0. The molecule has 0 heterocycles. The van der Waals surface area contributed by atoms with Gasteiger partial charge in [-0.05, 0) is 25.7 Å². The van der Waals surface area contributed by atoms with E-state index >= 15 is 0 Å². The molecule has 0 fully saturated rings. The van der Waals surface area contributed by atoms with Crippen molar-refractivity contribution in [2.24, 2.45) is 0 Å². The number of rotatable bonds is 2. The molecule has 1 aromatic rings. The molecule has 0 atom stereocenters. The third-order valence-electron chi connectivity index (χ3n) is 1.43. The Kier molecular flexibility index (Phi) is 15.4. The second-order valence-electron chi connectivity index (χ2n) is 4.09. The zero-order chi connectivity index (χ0) is 10.8. The smallest absolute Gasteiger partial charge is 0.358 e. The Morgan fingerprint density at radius 1 is 1.17 bits per heavy atom. The van der Waals surface area contributed by atoms with Crippen molar-refractivity contribution in [1.29, 1.82) is 0 Å². The molecule has 1 N–H and O–H groups in total. The van der Waals surface area contributed by atoms with Gasteiger partial charge in [0.15, 0.2) is 10.0 Å². The van der Waals surface area contributed by atoms with Crippen LogP contribution in [0.4, 0.5) is 0 Å². The second kappa shape index (κ2) is 10.3. The van der Waals surface area contributed by atoms with E-state index in [4.69, 9.17) is 0 Å². The van der Waals surface area contributed by atoms with Gasteiger partial charge in [0.2, 0.25) is 0 Å². The summed E-state index contributed by atoms with van der Waals surface area (Å²) in [7, 11) is -3.40. The predicted octanol–water partition coefficient (Wildman–Crippen LogP) is 2.91. The van der Waals surface area contributed by atoms with Crippen molar-refractivity contribution < 1.29 is 50.2 Å². The Balaban J connectivity index is -0.000000245. The number of benzene rings is 1. The quantitative estimate of drug-likeness (QED) is 0.780. The minimum absolute atomic E-state index is 0. The second-order valence-corrected chi connectivity index (χ2v) is 5.78. The summed E-state index contributed by atoms with van der Waals surface area (Å²) in [4.78, 5) is 0.245. The van der Waals surface area contributed by atoms with Crippen molar-refractivity contribution >= 4 is 10.0 Å². The standard InChI is InChI=1S/C10H14NO2S.3CH3.Ce/c1-10(2,3)11-14(12,13)9-7-5-4-6-8-9;;;;/h4-5,7-8,11H,1-3H3;3*1H3;/q4*-1;+4. The van der Waals surface area contributed by atoms with Gasteiger partial charge in [-0.3, -0.25) is 0 Å². The van der Waals surface area contributed by atoms with Gasteiger partial charge in [0, 0.05) is 5.54 Å². The molecule has 5 heteroatoms. The molecule has 18 heavy (non-hydrogen) atoms. The van der Waals surface area contributed by atoms with Gasteiger partial charge in [-0.2, -0.15) is 30.3 Å². The van der Waals surface area contributed by atoms with Crippen LogP contribution in [0, 0.1) is 70.1 Å². The number of sulfonamides is 1. The molecule has 102 valence electrons. The van der Waals surface area contributed by atoms with Crippen molar-refractivity contribution in [3.05, 3.63) is 52.6 Å². The largest absolute Gasteiger partial charge is 4.00 e. The van der Waals surface area contributed by atoms with E-state index < -0.39 is 15.6 Å². The molecule has 1 aromatic carbocycles. The van der Waals surface area contributed by atoms with Gasteiger partial charge in [0.1, 0.15) is 0 Å². The minimum atomic E-state index is -3.40. The fourth-order valence-corrected chi connectivity index (χ4v) is 2.41. The van der Waals surface area contributed by atoms with Crippen LogP contribution >= 0.6 is 0 Å². The monoisotopic (exact) mass is 397 g/mol. The van der Waals surface area contributed by atoms with E-state index in [1.54, 1.807) is 39.0 Å². The third-order valence-corrected chi connectivity index (χ3v) is 3.19. The first kappa shape index (κ1) is 27.0. The van der Waals surface area contributed by atoms with Crippen LogP contribution in [0.3, 0.4) is 0 Å². The maximum atomic E-state index is 11.7. The zero-order valence-electron chi connectivity index (χ0n) is 12.0. The molecule has 0 aliphatic heterocycles. The van der Waals surface area contributed by atoms with Gasteiger partial charge < -0.3 is 22.3 Å². The molecule has 0 saturated carbocycles. The molecule has 1 rings (SSSR count). The third kappa shape index (κ3) is 9.44. The van der Waals surface area contributed by atoms with Crippen LogP contribution in [0.1, 0.15) is 20.8 Å². The summed E-state index contributed by atoms with van der Waals surface area (Å²) in [6.07, 6.45) is 0. The van der Waals surface area contributed by atoms with Crippen LogP contribution in [-0.2, 0) is 10.0 Å². The Morgan fingerprint density at radius 3 is 2.00 bits per heavy atom. The topological polar surface area (TPSA) is 46.2 Å². The Morgan fingerprint density at radius 2 is 1.67 bits per heavy atom. The zero-order valence-corrected chi connectivity index (χ0v) is 16.0. The van der Waals surface area contributed by atoms with Crippen molar-refractivity contribution in [3.63, 3.8) is 0 Å². The number of hydrogen-bond donors (Lipinski definition) is 1. The van der Waals surface area contributed by atoms with Crippen LogP contribution in [0.15, 0.2) is 29.2 Å². The minimum Gasteiger partial charge on any atom is -0.358 e. The van der Waals surface area contributed by atoms with E-state index in [0.29, 0.717) is 0 Å². The van der Waals surface area contributed by atoms with Gasteiger partial charge >= 0.3 is 41.7 Å². The van der Waals surface area contributed by atoms with Crippen LogP contribution < -0.4 is 4.72 Å². The first-order valence-electron chi connectivity index (χ1n) is 4.31. The van der Waals surface area contributed by atoms with E-state index in [2.05, 4.69) is 10.8 Å². The van der Waals surface area contributed by atoms with Gasteiger partial charge in [-0.15, -0.1) is 0 Å². The summed E-state index contributed by atoms with van der Waals surface area (Å²) in [5, 5.41) is 0. The van der Waals surface area contributed by atoms with E-state index in [-0.39, 0.29) is 68.9 Å². The van der Waals surface area contributed by atoms with Crippen molar-refractivity contribution in [2.75, 3.05) is 0 Å². The summed E-state index contributed by atoms with van der Waals surface area (Å²) in [5.41, 5.74) is -0.464. The molecule has 0 aliphatic carbocycles. The molecule has 0 bridgehead atoms. The van der Waals surface area contributed by atoms with E-state index in [0.717, 1.165) is 0 Å². The first-order chi connectivity index (χ1) is 6.31. The summed E-state index contributed by atoms with van der Waals surface area (Å²) in [6, 6.07) is 9.05. The van der Waals surface area contributed by atoms with Gasteiger partial charge in [0.25, 0.3) is 0 Å². The average molecular weight is 398 g/mol. The molecule has 0 spiro atoms. The SMILES string of the molecule is CC(C)(C)NS(=O)(=O)c1c[c-]ccc1.[CH3-].[CH3-].[CH3-].[Ce+4]. The first-order valence-corrected chi connectivity index (χ1v) is 5.80. The van der Waals surface area contributed by atoms with Crippen molar-refractivity contribution in [2.45, 2.75) is 31.2 Å². The van der Waals surface area contributed by atoms with Crippen LogP contribution in [0.2, 0.25) is 0 Å². The van der Waals surface area contributed by atoms with E-state index in [1.807, 2.05) is 0 Å². The molecule has 0 radical (unpaired) electrons. The Bertz CT molecular complexity index is 397. The number of hydrogen-bond acceptors (Lipinski definition) is 2. The van der Waals surface area contributed by atoms with E-state index in [1.165, 1.54) is 6.07 Å². The maximum Gasteiger partial charge on any atom is 4.00 e. The molecule has 0 amide bonds. The number of nitrogens with one attached hydrogen (secondary N) is 1. The molecular formula is C13H23CeNO2S. The summed E-state index contributed by atoms with van der Waals surface area (Å²) in [6.45, 7) is 5.41. The summed E-state index contributed by atoms with van der Waals surface area (Å²) in [5.74, 6) is 0. The van der Waals surface area contributed by atoms with Gasteiger partial charge in [-0.25, -0.2) is 13.1 Å². The fraction of sp³-hybridized carbons (Fsp3) is 0.308. The Hall–Kier alpha value is 0.507. The van der Waals surface area contributed by atoms with E-state index in [9.17, 15) is 8.42 Å². The summed E-state index contributed by atoms with van der Waals surface area (Å²) < 4.78 is 26.0. The molecule has 0 aliphatic rings. The normalized spacial score (nSPS) is 9.94.